The smallest absolute Gasteiger partial charge is 0.166 e. The van der Waals surface area contributed by atoms with Crippen LogP contribution in [0.15, 0.2) is 5.11 Å². The summed E-state index contributed by atoms with van der Waals surface area (Å²) in [6.45, 7) is 17.7. The topological polar surface area (TPSA) is 129 Å². The molecule has 198 valence electrons. The van der Waals surface area contributed by atoms with Gasteiger partial charge >= 0.3 is 0 Å². The van der Waals surface area contributed by atoms with Crippen LogP contribution in [0.2, 0.25) is 0 Å². The molecule has 2 N–H and O–H groups in total. The molecule has 0 aromatic rings. The second-order valence-electron chi connectivity index (χ2n) is 11.0. The van der Waals surface area contributed by atoms with Crippen LogP contribution in [0.25, 0.3) is 10.4 Å². The normalized spacial score (nSPS) is 13.1. The van der Waals surface area contributed by atoms with E-state index in [9.17, 15) is 9.59 Å². The number of azide groups is 1. The Morgan fingerprint density at radius 2 is 1.50 bits per heavy atom. The van der Waals surface area contributed by atoms with Crippen molar-refractivity contribution in [2.45, 2.75) is 90.5 Å². The van der Waals surface area contributed by atoms with Gasteiger partial charge in [-0.15, -0.1) is 0 Å². The first-order chi connectivity index (χ1) is 15.5. The number of nitrogens with zero attached hydrogens (tertiary/aromatic N) is 4. The van der Waals surface area contributed by atoms with Gasteiger partial charge in [-0.05, 0) is 87.9 Å². The van der Waals surface area contributed by atoms with Gasteiger partial charge in [0.25, 0.3) is 0 Å². The third-order valence-electron chi connectivity index (χ3n) is 6.29. The number of carbonyl (C=O) groups is 2. The molecule has 0 unspecified atom stereocenters. The second-order valence-corrected chi connectivity index (χ2v) is 11.0. The summed E-state index contributed by atoms with van der Waals surface area (Å²) in [5, 5.41) is 9.72. The SMILES string of the molecule is CNCC(=O)C(C)(C)N(C)CC(=O)C(C)(C)NCCOC(C)(C)CCOC(C)(C)CCN=[N+]=[N-]. The highest BCUT2D eigenvalue weighted by molar-refractivity contribution is 5.92. The maximum atomic E-state index is 12.9. The van der Waals surface area contributed by atoms with Gasteiger partial charge in [0.2, 0.25) is 0 Å². The highest BCUT2D eigenvalue weighted by Gasteiger charge is 2.35. The Kier molecular flexibility index (Phi) is 13.5. The van der Waals surface area contributed by atoms with Crippen LogP contribution in [0.5, 0.6) is 0 Å². The molecule has 10 nitrogen and oxygen atoms in total. The number of likely N-dealkylation sites (N-methyl/N-ethyl adjacent to an activating group) is 2. The summed E-state index contributed by atoms with van der Waals surface area (Å²) >= 11 is 0. The van der Waals surface area contributed by atoms with Crippen LogP contribution in [0.1, 0.15) is 68.2 Å². The molecule has 0 amide bonds. The maximum absolute atomic E-state index is 12.9. The summed E-state index contributed by atoms with van der Waals surface area (Å²) in [4.78, 5) is 29.8. The molecule has 0 fully saturated rings. The fourth-order valence-corrected chi connectivity index (χ4v) is 3.07. The standard InChI is InChI=1S/C24H48N6O4/c1-21(2,11-13-28-29-25)33-15-12-22(3,4)34-16-14-27-23(5,6)20(32)18-30(10)24(7,8)19(31)17-26-9/h26-27H,11-18H2,1-10H3. The van der Waals surface area contributed by atoms with Crippen molar-refractivity contribution in [1.29, 1.82) is 0 Å². The van der Waals surface area contributed by atoms with E-state index in [2.05, 4.69) is 20.7 Å². The average molecular weight is 485 g/mol. The number of hydrogen-bond acceptors (Lipinski definition) is 8. The molecule has 34 heavy (non-hydrogen) atoms. The van der Waals surface area contributed by atoms with Gasteiger partial charge in [0.1, 0.15) is 0 Å². The van der Waals surface area contributed by atoms with E-state index < -0.39 is 11.1 Å². The van der Waals surface area contributed by atoms with Gasteiger partial charge in [-0.25, -0.2) is 0 Å². The largest absolute Gasteiger partial charge is 0.375 e. The number of ketones is 2. The maximum Gasteiger partial charge on any atom is 0.166 e. The van der Waals surface area contributed by atoms with Crippen molar-refractivity contribution in [2.24, 2.45) is 5.11 Å². The van der Waals surface area contributed by atoms with Crippen LogP contribution in [-0.4, -0.2) is 92.2 Å². The molecular weight excluding hydrogens is 436 g/mol. The van der Waals surface area contributed by atoms with Crippen molar-refractivity contribution in [2.75, 3.05) is 53.5 Å². The number of nitrogens with one attached hydrogen (secondary N) is 2. The van der Waals surface area contributed by atoms with Crippen molar-refractivity contribution < 1.29 is 19.1 Å². The Morgan fingerprint density at radius 1 is 0.941 bits per heavy atom. The van der Waals surface area contributed by atoms with E-state index in [0.29, 0.717) is 39.1 Å². The summed E-state index contributed by atoms with van der Waals surface area (Å²) in [6.07, 6.45) is 1.36. The van der Waals surface area contributed by atoms with Gasteiger partial charge < -0.3 is 20.1 Å². The number of Topliss-reactive ketones (excluding diaryl/α,β-unsaturated/α-hetero) is 2. The highest BCUT2D eigenvalue weighted by Crippen LogP contribution is 2.20. The zero-order valence-electron chi connectivity index (χ0n) is 23.1. The van der Waals surface area contributed by atoms with Crippen molar-refractivity contribution in [1.82, 2.24) is 15.5 Å². The molecule has 0 rings (SSSR count). The Labute approximate surface area is 206 Å². The molecule has 0 radical (unpaired) electrons. The van der Waals surface area contributed by atoms with Crippen LogP contribution >= 0.6 is 0 Å². The predicted molar refractivity (Wildman–Crippen MR) is 136 cm³/mol. The molecule has 0 bridgehead atoms. The molecule has 0 aromatic heterocycles. The van der Waals surface area contributed by atoms with Crippen LogP contribution in [-0.2, 0) is 19.1 Å². The van der Waals surface area contributed by atoms with Gasteiger partial charge in [0, 0.05) is 18.0 Å². The van der Waals surface area contributed by atoms with E-state index in [4.69, 9.17) is 15.0 Å². The number of hydrogen-bond donors (Lipinski definition) is 2. The van der Waals surface area contributed by atoms with Crippen LogP contribution < -0.4 is 10.6 Å². The molecule has 0 atom stereocenters. The summed E-state index contributed by atoms with van der Waals surface area (Å²) in [6, 6.07) is 0. The highest BCUT2D eigenvalue weighted by atomic mass is 16.5. The van der Waals surface area contributed by atoms with Gasteiger partial charge in [-0.2, -0.15) is 0 Å². The van der Waals surface area contributed by atoms with Gasteiger partial charge in [-0.1, -0.05) is 5.11 Å². The van der Waals surface area contributed by atoms with Crippen molar-refractivity contribution in [3.8, 4) is 0 Å². The minimum absolute atomic E-state index is 0.0101. The van der Waals surface area contributed by atoms with Crippen LogP contribution in [0.4, 0.5) is 0 Å². The summed E-state index contributed by atoms with van der Waals surface area (Å²) in [7, 11) is 3.53. The monoisotopic (exact) mass is 484 g/mol. The van der Waals surface area contributed by atoms with E-state index in [-0.39, 0.29) is 35.9 Å². The minimum Gasteiger partial charge on any atom is -0.375 e. The quantitative estimate of drug-likeness (QED) is 0.125. The second kappa shape index (κ2) is 14.1. The zero-order chi connectivity index (χ0) is 26.6. The average Bonchev–Trinajstić information content (AvgIpc) is 2.71. The van der Waals surface area contributed by atoms with Gasteiger partial charge in [-0.3, -0.25) is 14.5 Å². The van der Waals surface area contributed by atoms with Crippen LogP contribution in [0.3, 0.4) is 0 Å². The Bertz CT molecular complexity index is 700. The first kappa shape index (κ1) is 32.5. The van der Waals surface area contributed by atoms with E-state index in [1.165, 1.54) is 0 Å². The minimum atomic E-state index is -0.747. The predicted octanol–water partition coefficient (Wildman–Crippen LogP) is 3.10. The molecule has 10 heteroatoms. The molecular formula is C24H48N6O4. The number of ether oxygens (including phenoxy) is 2. The van der Waals surface area contributed by atoms with E-state index in [1.807, 2.05) is 55.4 Å². The van der Waals surface area contributed by atoms with Crippen molar-refractivity contribution in [3.63, 3.8) is 0 Å². The first-order valence-electron chi connectivity index (χ1n) is 12.0. The Morgan fingerprint density at radius 3 is 2.06 bits per heavy atom. The molecule has 0 aromatic carbocycles. The number of carbonyl (C=O) groups excluding carboxylic acids is 2. The molecule has 0 spiro atoms. The summed E-state index contributed by atoms with van der Waals surface area (Å²) in [5.74, 6) is 0.0469. The molecule has 0 saturated carbocycles. The van der Waals surface area contributed by atoms with Gasteiger partial charge in [0.05, 0.1) is 48.6 Å². The lowest BCUT2D eigenvalue weighted by atomic mass is 9.93. The summed E-state index contributed by atoms with van der Waals surface area (Å²) < 4.78 is 12.0. The van der Waals surface area contributed by atoms with E-state index in [0.717, 1.165) is 0 Å². The zero-order valence-corrected chi connectivity index (χ0v) is 23.1. The Hall–Kier alpha value is -1.55. The van der Waals surface area contributed by atoms with Crippen molar-refractivity contribution in [3.05, 3.63) is 10.4 Å². The molecule has 0 heterocycles. The van der Waals surface area contributed by atoms with Crippen LogP contribution in [0, 0.1) is 0 Å². The molecule has 0 aliphatic heterocycles. The lowest BCUT2D eigenvalue weighted by Gasteiger charge is -2.36. The fraction of sp³-hybridized carbons (Fsp3) is 0.917. The first-order valence-corrected chi connectivity index (χ1v) is 12.0. The third-order valence-corrected chi connectivity index (χ3v) is 6.29. The number of rotatable bonds is 19. The lowest BCUT2D eigenvalue weighted by Crippen LogP contribution is -2.57. The fourth-order valence-electron chi connectivity index (χ4n) is 3.07. The van der Waals surface area contributed by atoms with E-state index >= 15 is 0 Å². The third kappa shape index (κ3) is 12.2. The Balaban J connectivity index is 4.50. The molecule has 0 saturated heterocycles. The van der Waals surface area contributed by atoms with Gasteiger partial charge in [0.15, 0.2) is 11.6 Å². The molecule has 0 aliphatic carbocycles. The van der Waals surface area contributed by atoms with E-state index in [1.54, 1.807) is 19.0 Å². The lowest BCUT2D eigenvalue weighted by molar-refractivity contribution is -0.132. The molecule has 0 aliphatic rings. The summed E-state index contributed by atoms with van der Waals surface area (Å²) in [5.41, 5.74) is 6.17. The van der Waals surface area contributed by atoms with Crippen molar-refractivity contribution >= 4 is 11.6 Å².